The molecule has 2 amide bonds. The molecule has 0 aromatic heterocycles. The Balaban J connectivity index is 0.000000323. The predicted molar refractivity (Wildman–Crippen MR) is 127 cm³/mol. The minimum Gasteiger partial charge on any atom is -0.356 e. The Morgan fingerprint density at radius 3 is 1.56 bits per heavy atom. The summed E-state index contributed by atoms with van der Waals surface area (Å²) in [6.07, 6.45) is 3.14. The van der Waals surface area contributed by atoms with E-state index in [9.17, 15) is 18.0 Å². The maximum absolute atomic E-state index is 11.3. The fourth-order valence-electron chi connectivity index (χ4n) is 2.64. The van der Waals surface area contributed by atoms with Crippen LogP contribution in [0.1, 0.15) is 48.4 Å². The van der Waals surface area contributed by atoms with E-state index in [0.29, 0.717) is 12.8 Å². The lowest BCUT2D eigenvalue weighted by molar-refractivity contribution is -0.121. The molecule has 2 aromatic carbocycles. The molecule has 0 saturated carbocycles. The number of hydrogen-bond acceptors (Lipinski definition) is 4. The third-order valence-electron chi connectivity index (χ3n) is 4.55. The van der Waals surface area contributed by atoms with E-state index in [4.69, 9.17) is 4.55 Å². The number of amides is 2. The Hall–Kier alpha value is -2.71. The lowest BCUT2D eigenvalue weighted by Gasteiger charge is -2.03. The third-order valence-corrected chi connectivity index (χ3v) is 5.06. The SMILES string of the molecule is CCCNC(=O)CCc1ccc(C)cc1.Cc1ccc(CCC(=O)NCS(=O)(=O)O)cc1. The fourth-order valence-corrected chi connectivity index (χ4v) is 2.98. The molecular weight excluding hydrogens is 428 g/mol. The highest BCUT2D eigenvalue weighted by molar-refractivity contribution is 7.85. The molecule has 0 saturated heterocycles. The summed E-state index contributed by atoms with van der Waals surface area (Å²) in [5.74, 6) is -0.986. The smallest absolute Gasteiger partial charge is 0.283 e. The molecule has 2 rings (SSSR count). The Bertz CT molecular complexity index is 939. The van der Waals surface area contributed by atoms with Gasteiger partial charge in [0.1, 0.15) is 5.88 Å². The molecule has 0 unspecified atom stereocenters. The van der Waals surface area contributed by atoms with Crippen LogP contribution in [0.4, 0.5) is 0 Å². The van der Waals surface area contributed by atoms with Crippen LogP contribution in [0.15, 0.2) is 48.5 Å². The van der Waals surface area contributed by atoms with E-state index in [-0.39, 0.29) is 12.3 Å². The average Bonchev–Trinajstić information content (AvgIpc) is 2.75. The van der Waals surface area contributed by atoms with Gasteiger partial charge in [0.25, 0.3) is 10.1 Å². The Morgan fingerprint density at radius 1 is 0.781 bits per heavy atom. The topological polar surface area (TPSA) is 113 Å². The van der Waals surface area contributed by atoms with Crippen molar-refractivity contribution in [2.24, 2.45) is 0 Å². The van der Waals surface area contributed by atoms with E-state index in [0.717, 1.165) is 30.5 Å². The molecule has 0 fully saturated rings. The second-order valence-electron chi connectivity index (χ2n) is 7.65. The highest BCUT2D eigenvalue weighted by atomic mass is 32.2. The maximum atomic E-state index is 11.3. The van der Waals surface area contributed by atoms with Crippen molar-refractivity contribution in [2.75, 3.05) is 12.4 Å². The summed E-state index contributed by atoms with van der Waals surface area (Å²) in [4.78, 5) is 22.6. The summed E-state index contributed by atoms with van der Waals surface area (Å²) < 4.78 is 29.2. The van der Waals surface area contributed by atoms with Crippen LogP contribution in [0.5, 0.6) is 0 Å². The molecule has 0 aliphatic rings. The molecule has 0 radical (unpaired) electrons. The van der Waals surface area contributed by atoms with Crippen LogP contribution < -0.4 is 10.6 Å². The van der Waals surface area contributed by atoms with E-state index in [2.05, 4.69) is 48.7 Å². The van der Waals surface area contributed by atoms with Crippen molar-refractivity contribution in [3.05, 3.63) is 70.8 Å². The molecule has 8 heteroatoms. The summed E-state index contributed by atoms with van der Waals surface area (Å²) in [5.41, 5.74) is 4.64. The standard InChI is InChI=1S/C13H19NO.C11H15NO4S/c1-3-10-14-13(15)9-8-12-6-4-11(2)5-7-12;1-9-2-4-10(5-3-9)6-7-11(13)12-8-17(14,15)16/h4-7H,3,8-10H2,1-2H3,(H,14,15);2-5H,6-8H2,1H3,(H,12,13)(H,14,15,16). The number of nitrogens with one attached hydrogen (secondary N) is 2. The van der Waals surface area contributed by atoms with Crippen LogP contribution in [0.3, 0.4) is 0 Å². The first kappa shape index (κ1) is 27.3. The van der Waals surface area contributed by atoms with Crippen molar-refractivity contribution < 1.29 is 22.6 Å². The highest BCUT2D eigenvalue weighted by Gasteiger charge is 2.07. The van der Waals surface area contributed by atoms with Crippen LogP contribution in [0.2, 0.25) is 0 Å². The molecular formula is C24H34N2O5S. The van der Waals surface area contributed by atoms with Gasteiger partial charge in [-0.1, -0.05) is 66.6 Å². The zero-order valence-electron chi connectivity index (χ0n) is 19.1. The number of benzene rings is 2. The van der Waals surface area contributed by atoms with Crippen LogP contribution in [0.25, 0.3) is 0 Å². The van der Waals surface area contributed by atoms with Crippen molar-refractivity contribution in [3.8, 4) is 0 Å². The molecule has 3 N–H and O–H groups in total. The van der Waals surface area contributed by atoms with Gasteiger partial charge in [-0.25, -0.2) is 0 Å². The van der Waals surface area contributed by atoms with Crippen molar-refractivity contribution in [1.29, 1.82) is 0 Å². The minimum absolute atomic E-state index is 0.150. The van der Waals surface area contributed by atoms with Gasteiger partial charge >= 0.3 is 0 Å². The first-order valence-electron chi connectivity index (χ1n) is 10.7. The van der Waals surface area contributed by atoms with Gasteiger partial charge in [-0.05, 0) is 44.2 Å². The molecule has 2 aromatic rings. The molecule has 0 spiro atoms. The predicted octanol–water partition coefficient (Wildman–Crippen LogP) is 3.34. The summed E-state index contributed by atoms with van der Waals surface area (Å²) >= 11 is 0. The van der Waals surface area contributed by atoms with Crippen molar-refractivity contribution in [3.63, 3.8) is 0 Å². The maximum Gasteiger partial charge on any atom is 0.283 e. The van der Waals surface area contributed by atoms with E-state index in [1.807, 2.05) is 31.2 Å². The second-order valence-corrected chi connectivity index (χ2v) is 9.10. The number of rotatable bonds is 10. The Morgan fingerprint density at radius 2 is 1.19 bits per heavy atom. The fraction of sp³-hybridized carbons (Fsp3) is 0.417. The molecule has 0 aliphatic heterocycles. The number of aryl methyl sites for hydroxylation is 4. The number of hydrogen-bond donors (Lipinski definition) is 3. The van der Waals surface area contributed by atoms with Gasteiger partial charge in [0.05, 0.1) is 0 Å². The van der Waals surface area contributed by atoms with Gasteiger partial charge in [-0.2, -0.15) is 8.42 Å². The monoisotopic (exact) mass is 462 g/mol. The molecule has 32 heavy (non-hydrogen) atoms. The third kappa shape index (κ3) is 13.6. The van der Waals surface area contributed by atoms with Gasteiger partial charge in [-0.3, -0.25) is 14.1 Å². The van der Waals surface area contributed by atoms with E-state index in [1.54, 1.807) is 0 Å². The molecule has 176 valence electrons. The van der Waals surface area contributed by atoms with Crippen LogP contribution in [-0.2, 0) is 32.5 Å². The highest BCUT2D eigenvalue weighted by Crippen LogP contribution is 2.06. The van der Waals surface area contributed by atoms with E-state index < -0.39 is 21.9 Å². The first-order chi connectivity index (χ1) is 15.1. The molecule has 0 bridgehead atoms. The van der Waals surface area contributed by atoms with E-state index >= 15 is 0 Å². The lowest BCUT2D eigenvalue weighted by atomic mass is 10.1. The number of carbonyl (C=O) groups excluding carboxylic acids is 2. The Kier molecular flexibility index (Phi) is 12.3. The average molecular weight is 463 g/mol. The summed E-state index contributed by atoms with van der Waals surface area (Å²) in [6.45, 7) is 6.88. The van der Waals surface area contributed by atoms with Crippen LogP contribution in [0, 0.1) is 13.8 Å². The largest absolute Gasteiger partial charge is 0.356 e. The molecule has 0 aliphatic carbocycles. The molecule has 0 atom stereocenters. The van der Waals surface area contributed by atoms with Crippen molar-refractivity contribution in [1.82, 2.24) is 10.6 Å². The molecule has 0 heterocycles. The quantitative estimate of drug-likeness (QED) is 0.469. The normalized spacial score (nSPS) is 10.6. The van der Waals surface area contributed by atoms with Gasteiger partial charge in [0.15, 0.2) is 0 Å². The minimum atomic E-state index is -4.14. The lowest BCUT2D eigenvalue weighted by Crippen LogP contribution is -2.29. The summed E-state index contributed by atoms with van der Waals surface area (Å²) in [7, 11) is -4.14. The second kappa shape index (κ2) is 14.4. The van der Waals surface area contributed by atoms with Crippen molar-refractivity contribution in [2.45, 2.75) is 52.9 Å². The van der Waals surface area contributed by atoms with E-state index in [1.165, 1.54) is 11.1 Å². The van der Waals surface area contributed by atoms with Gasteiger partial charge < -0.3 is 10.6 Å². The van der Waals surface area contributed by atoms with Gasteiger partial charge in [-0.15, -0.1) is 0 Å². The van der Waals surface area contributed by atoms with Crippen LogP contribution in [-0.4, -0.2) is 37.2 Å². The zero-order chi connectivity index (χ0) is 24.0. The van der Waals surface area contributed by atoms with Gasteiger partial charge in [0, 0.05) is 19.4 Å². The Labute approximate surface area is 191 Å². The first-order valence-corrected chi connectivity index (χ1v) is 12.3. The van der Waals surface area contributed by atoms with Crippen molar-refractivity contribution >= 4 is 21.9 Å². The summed E-state index contributed by atoms with van der Waals surface area (Å²) in [5, 5.41) is 5.00. The van der Waals surface area contributed by atoms with Crippen LogP contribution >= 0.6 is 0 Å². The molecule has 7 nitrogen and oxygen atoms in total. The zero-order valence-corrected chi connectivity index (χ0v) is 19.9. The van der Waals surface area contributed by atoms with Gasteiger partial charge in [0.2, 0.25) is 11.8 Å². The number of carbonyl (C=O) groups is 2. The summed E-state index contributed by atoms with van der Waals surface area (Å²) in [6, 6.07) is 16.1.